The van der Waals surface area contributed by atoms with Gasteiger partial charge in [-0.05, 0) is 26.7 Å². The van der Waals surface area contributed by atoms with Crippen molar-refractivity contribution < 1.29 is 9.59 Å². The quantitative estimate of drug-likeness (QED) is 0.510. The van der Waals surface area contributed by atoms with Crippen molar-refractivity contribution in [3.8, 4) is 0 Å². The number of rotatable bonds is 7. The molecule has 4 nitrogen and oxygen atoms in total. The summed E-state index contributed by atoms with van der Waals surface area (Å²) in [5.41, 5.74) is 4.45. The van der Waals surface area contributed by atoms with E-state index >= 15 is 0 Å². The van der Waals surface area contributed by atoms with Crippen LogP contribution in [0.25, 0.3) is 0 Å². The van der Waals surface area contributed by atoms with E-state index in [4.69, 9.17) is 17.3 Å². The fraction of sp³-hybridized carbons (Fsp3) is 0.800. The predicted molar refractivity (Wildman–Crippen MR) is 60.6 cm³/mol. The number of carbonyl (C=O) groups is 2. The van der Waals surface area contributed by atoms with Gasteiger partial charge in [-0.25, -0.2) is 0 Å². The molecule has 0 aliphatic carbocycles. The third kappa shape index (κ3) is 6.33. The first kappa shape index (κ1) is 14.2. The van der Waals surface area contributed by atoms with E-state index in [0.717, 1.165) is 6.42 Å². The minimum atomic E-state index is -0.536. The number of alkyl halides is 1. The Morgan fingerprint density at radius 2 is 1.93 bits per heavy atom. The van der Waals surface area contributed by atoms with Crippen molar-refractivity contribution in [3.05, 3.63) is 0 Å². The van der Waals surface area contributed by atoms with Crippen LogP contribution in [0.3, 0.4) is 0 Å². The second-order valence-electron chi connectivity index (χ2n) is 4.20. The van der Waals surface area contributed by atoms with Crippen molar-refractivity contribution in [1.29, 1.82) is 0 Å². The minimum absolute atomic E-state index is 0.0587. The molecule has 0 heterocycles. The van der Waals surface area contributed by atoms with Crippen LogP contribution in [-0.2, 0) is 9.59 Å². The van der Waals surface area contributed by atoms with Gasteiger partial charge in [0.1, 0.15) is 0 Å². The molecule has 88 valence electrons. The van der Waals surface area contributed by atoms with Crippen LogP contribution in [-0.4, -0.2) is 24.2 Å². The summed E-state index contributed by atoms with van der Waals surface area (Å²) in [7, 11) is 0. The maximum Gasteiger partial charge on any atom is 0.226 e. The third-order valence-electron chi connectivity index (χ3n) is 2.08. The molecular formula is C10H19ClN2O2. The van der Waals surface area contributed by atoms with E-state index in [2.05, 4.69) is 5.32 Å². The van der Waals surface area contributed by atoms with Crippen molar-refractivity contribution in [2.75, 3.05) is 12.4 Å². The van der Waals surface area contributed by atoms with Gasteiger partial charge in [0.15, 0.2) is 0 Å². The number of hydrogen-bond donors (Lipinski definition) is 2. The first-order valence-electron chi connectivity index (χ1n) is 5.02. The summed E-state index contributed by atoms with van der Waals surface area (Å²) in [6.07, 6.45) is 1.83. The predicted octanol–water partition coefficient (Wildman–Crippen LogP) is 1.02. The van der Waals surface area contributed by atoms with Gasteiger partial charge in [-0.3, -0.25) is 9.59 Å². The Hall–Kier alpha value is -0.770. The van der Waals surface area contributed by atoms with Crippen molar-refractivity contribution in [1.82, 2.24) is 5.32 Å². The minimum Gasteiger partial charge on any atom is -0.370 e. The molecule has 0 aliphatic heterocycles. The van der Waals surface area contributed by atoms with E-state index in [9.17, 15) is 9.59 Å². The number of amides is 2. The van der Waals surface area contributed by atoms with E-state index < -0.39 is 5.41 Å². The van der Waals surface area contributed by atoms with Crippen LogP contribution in [0.5, 0.6) is 0 Å². The molecule has 15 heavy (non-hydrogen) atoms. The van der Waals surface area contributed by atoms with Gasteiger partial charge in [-0.15, -0.1) is 11.6 Å². The Morgan fingerprint density at radius 1 is 1.33 bits per heavy atom. The normalized spacial score (nSPS) is 11.1. The van der Waals surface area contributed by atoms with Gasteiger partial charge in [0, 0.05) is 18.8 Å². The molecule has 0 spiro atoms. The van der Waals surface area contributed by atoms with E-state index in [0.29, 0.717) is 25.3 Å². The number of halogens is 1. The highest BCUT2D eigenvalue weighted by Gasteiger charge is 2.25. The van der Waals surface area contributed by atoms with Crippen LogP contribution >= 0.6 is 11.6 Å². The molecule has 0 aliphatic rings. The highest BCUT2D eigenvalue weighted by molar-refractivity contribution is 6.19. The second kappa shape index (κ2) is 6.67. The summed E-state index contributed by atoms with van der Waals surface area (Å²) in [5.74, 6) is -0.0703. The molecule has 0 bridgehead atoms. The average molecular weight is 235 g/mol. The highest BCUT2D eigenvalue weighted by Crippen LogP contribution is 2.16. The molecule has 0 unspecified atom stereocenters. The number of unbranched alkanes of at least 4 members (excludes halogenated alkanes) is 1. The third-order valence-corrected chi connectivity index (χ3v) is 2.75. The summed E-state index contributed by atoms with van der Waals surface area (Å²) in [5, 5.41) is 2.77. The molecule has 0 fully saturated rings. The van der Waals surface area contributed by atoms with Crippen LogP contribution < -0.4 is 11.1 Å². The lowest BCUT2D eigenvalue weighted by Gasteiger charge is -2.20. The average Bonchev–Trinajstić information content (AvgIpc) is 2.16. The molecule has 0 radical (unpaired) electrons. The van der Waals surface area contributed by atoms with Gasteiger partial charge in [0.05, 0.1) is 5.41 Å². The molecule has 3 N–H and O–H groups in total. The van der Waals surface area contributed by atoms with E-state index in [1.54, 1.807) is 13.8 Å². The van der Waals surface area contributed by atoms with Gasteiger partial charge in [-0.1, -0.05) is 0 Å². The Morgan fingerprint density at radius 3 is 2.40 bits per heavy atom. The SMILES string of the molecule is CC(C)(CCl)C(=O)NCCCCC(N)=O. The van der Waals surface area contributed by atoms with Crippen molar-refractivity contribution >= 4 is 23.4 Å². The van der Waals surface area contributed by atoms with E-state index in [1.807, 2.05) is 0 Å². The second-order valence-corrected chi connectivity index (χ2v) is 4.46. The van der Waals surface area contributed by atoms with Gasteiger partial charge in [0.2, 0.25) is 11.8 Å². The Bertz CT molecular complexity index is 229. The lowest BCUT2D eigenvalue weighted by atomic mass is 9.95. The van der Waals surface area contributed by atoms with E-state index in [1.165, 1.54) is 0 Å². The van der Waals surface area contributed by atoms with Crippen LogP contribution in [0.2, 0.25) is 0 Å². The Labute approximate surface area is 95.5 Å². The maximum atomic E-state index is 11.5. The standard InChI is InChI=1S/C10H19ClN2O2/c1-10(2,7-11)9(15)13-6-4-3-5-8(12)14/h3-7H2,1-2H3,(H2,12,14)(H,13,15). The number of carbonyl (C=O) groups excluding carboxylic acids is 2. The number of nitrogens with two attached hydrogens (primary N) is 1. The van der Waals surface area contributed by atoms with Crippen LogP contribution in [0, 0.1) is 5.41 Å². The monoisotopic (exact) mass is 234 g/mol. The fourth-order valence-electron chi connectivity index (χ4n) is 0.926. The largest absolute Gasteiger partial charge is 0.370 e. The zero-order valence-corrected chi connectivity index (χ0v) is 10.1. The molecular weight excluding hydrogens is 216 g/mol. The summed E-state index contributed by atoms with van der Waals surface area (Å²) in [4.78, 5) is 21.9. The van der Waals surface area contributed by atoms with Crippen molar-refractivity contribution in [2.45, 2.75) is 33.1 Å². The Balaban J connectivity index is 3.60. The van der Waals surface area contributed by atoms with Crippen LogP contribution in [0.1, 0.15) is 33.1 Å². The first-order chi connectivity index (χ1) is 6.90. The summed E-state index contributed by atoms with van der Waals surface area (Å²) in [6.45, 7) is 4.14. The summed E-state index contributed by atoms with van der Waals surface area (Å²) < 4.78 is 0. The van der Waals surface area contributed by atoms with E-state index in [-0.39, 0.29) is 11.8 Å². The number of primary amides is 1. The Kier molecular flexibility index (Phi) is 6.32. The molecule has 2 amide bonds. The number of nitrogens with one attached hydrogen (secondary N) is 1. The lowest BCUT2D eigenvalue weighted by molar-refractivity contribution is -0.128. The molecule has 0 rings (SSSR count). The molecule has 0 atom stereocenters. The highest BCUT2D eigenvalue weighted by atomic mass is 35.5. The number of hydrogen-bond acceptors (Lipinski definition) is 2. The fourth-order valence-corrected chi connectivity index (χ4v) is 1.05. The molecule has 5 heteroatoms. The summed E-state index contributed by atoms with van der Waals surface area (Å²) in [6, 6.07) is 0. The van der Waals surface area contributed by atoms with Crippen molar-refractivity contribution in [2.24, 2.45) is 11.1 Å². The van der Waals surface area contributed by atoms with Gasteiger partial charge in [0.25, 0.3) is 0 Å². The van der Waals surface area contributed by atoms with Crippen LogP contribution in [0.4, 0.5) is 0 Å². The maximum absolute atomic E-state index is 11.5. The van der Waals surface area contributed by atoms with Gasteiger partial charge < -0.3 is 11.1 Å². The zero-order valence-electron chi connectivity index (χ0n) is 9.31. The smallest absolute Gasteiger partial charge is 0.226 e. The molecule has 0 saturated carbocycles. The van der Waals surface area contributed by atoms with Crippen LogP contribution in [0.15, 0.2) is 0 Å². The topological polar surface area (TPSA) is 72.2 Å². The molecule has 0 saturated heterocycles. The lowest BCUT2D eigenvalue weighted by Crippen LogP contribution is -2.38. The first-order valence-corrected chi connectivity index (χ1v) is 5.56. The van der Waals surface area contributed by atoms with Gasteiger partial charge >= 0.3 is 0 Å². The van der Waals surface area contributed by atoms with Gasteiger partial charge in [-0.2, -0.15) is 0 Å². The molecule has 0 aromatic rings. The molecule has 0 aromatic carbocycles. The summed E-state index contributed by atoms with van der Waals surface area (Å²) >= 11 is 5.65. The zero-order chi connectivity index (χ0) is 11.9. The van der Waals surface area contributed by atoms with Crippen molar-refractivity contribution in [3.63, 3.8) is 0 Å². The molecule has 0 aromatic heterocycles.